The zero-order chi connectivity index (χ0) is 7.11. The van der Waals surface area contributed by atoms with Gasteiger partial charge in [-0.3, -0.25) is 0 Å². The Morgan fingerprint density at radius 3 is 1.56 bits per heavy atom. The summed E-state index contributed by atoms with van der Waals surface area (Å²) in [5, 5.41) is 0. The second kappa shape index (κ2) is 6.01. The maximum absolute atomic E-state index is 5.43. The zero-order valence-electron chi connectivity index (χ0n) is 5.84. The summed E-state index contributed by atoms with van der Waals surface area (Å²) in [6, 6.07) is 0. The first kappa shape index (κ1) is 8.88. The van der Waals surface area contributed by atoms with Gasteiger partial charge in [0.15, 0.2) is 0 Å². The molecule has 0 amide bonds. The molecule has 0 radical (unpaired) electrons. The molecule has 0 saturated heterocycles. The summed E-state index contributed by atoms with van der Waals surface area (Å²) < 4.78 is 0. The Hall–Kier alpha value is -0.120. The molecule has 3 heteroatoms. The molecule has 3 nitrogen and oxygen atoms in total. The number of nitrogens with two attached hydrogens (primary N) is 3. The minimum absolute atomic E-state index is 0.542. The molecule has 56 valence electrons. The van der Waals surface area contributed by atoms with Crippen molar-refractivity contribution in [2.45, 2.75) is 12.8 Å². The van der Waals surface area contributed by atoms with E-state index in [1.54, 1.807) is 0 Å². The van der Waals surface area contributed by atoms with E-state index in [0.717, 1.165) is 25.9 Å². The largest absolute Gasteiger partial charge is 0.330 e. The van der Waals surface area contributed by atoms with Crippen LogP contribution in [0.4, 0.5) is 0 Å². The van der Waals surface area contributed by atoms with Gasteiger partial charge in [0, 0.05) is 0 Å². The molecule has 0 fully saturated rings. The summed E-state index contributed by atoms with van der Waals surface area (Å²) >= 11 is 0. The van der Waals surface area contributed by atoms with Crippen LogP contribution in [0.5, 0.6) is 0 Å². The van der Waals surface area contributed by atoms with Crippen LogP contribution in [0, 0.1) is 5.92 Å². The van der Waals surface area contributed by atoms with Crippen LogP contribution >= 0.6 is 0 Å². The highest BCUT2D eigenvalue weighted by molar-refractivity contribution is 4.60. The number of hydrogen-bond donors (Lipinski definition) is 3. The van der Waals surface area contributed by atoms with Crippen molar-refractivity contribution in [3.8, 4) is 0 Å². The molecule has 0 saturated carbocycles. The van der Waals surface area contributed by atoms with E-state index in [-0.39, 0.29) is 0 Å². The zero-order valence-corrected chi connectivity index (χ0v) is 5.84. The van der Waals surface area contributed by atoms with Crippen LogP contribution in [0.2, 0.25) is 0 Å². The second-order valence-corrected chi connectivity index (χ2v) is 2.26. The molecule has 0 heterocycles. The van der Waals surface area contributed by atoms with Crippen LogP contribution in [0.15, 0.2) is 0 Å². The fourth-order valence-electron chi connectivity index (χ4n) is 0.851. The Balaban J connectivity index is 3.18. The maximum atomic E-state index is 5.43. The smallest absolute Gasteiger partial charge is 0.00479 e. The van der Waals surface area contributed by atoms with Crippen molar-refractivity contribution in [2.24, 2.45) is 23.1 Å². The topological polar surface area (TPSA) is 78.1 Å². The lowest BCUT2D eigenvalue weighted by Crippen LogP contribution is -2.21. The normalized spacial score (nSPS) is 10.7. The monoisotopic (exact) mass is 131 g/mol. The van der Waals surface area contributed by atoms with Crippen LogP contribution in [-0.4, -0.2) is 19.6 Å². The average molecular weight is 131 g/mol. The molecular weight excluding hydrogens is 114 g/mol. The molecule has 0 rings (SSSR count). The van der Waals surface area contributed by atoms with E-state index in [0.29, 0.717) is 12.5 Å². The second-order valence-electron chi connectivity index (χ2n) is 2.26. The van der Waals surface area contributed by atoms with Gasteiger partial charge in [0.2, 0.25) is 0 Å². The predicted octanol–water partition coefficient (Wildman–Crippen LogP) is -0.741. The van der Waals surface area contributed by atoms with E-state index in [1.807, 2.05) is 0 Å². The third-order valence-electron chi connectivity index (χ3n) is 1.48. The molecule has 6 N–H and O–H groups in total. The van der Waals surface area contributed by atoms with Crippen LogP contribution in [0.1, 0.15) is 12.8 Å². The molecular formula is C6H17N3. The van der Waals surface area contributed by atoms with E-state index >= 15 is 0 Å². The number of hydrogen-bond acceptors (Lipinski definition) is 3. The average Bonchev–Trinajstić information content (AvgIpc) is 1.88. The summed E-state index contributed by atoms with van der Waals surface area (Å²) in [5.74, 6) is 0.542. The van der Waals surface area contributed by atoms with Crippen LogP contribution < -0.4 is 17.2 Å². The first-order valence-electron chi connectivity index (χ1n) is 3.45. The first-order valence-corrected chi connectivity index (χ1v) is 3.45. The summed E-state index contributed by atoms with van der Waals surface area (Å²) in [7, 11) is 0. The molecule has 0 aliphatic heterocycles. The summed E-state index contributed by atoms with van der Waals surface area (Å²) in [6.07, 6.45) is 2.02. The Morgan fingerprint density at radius 1 is 0.889 bits per heavy atom. The van der Waals surface area contributed by atoms with Gasteiger partial charge in [-0.2, -0.15) is 0 Å². The van der Waals surface area contributed by atoms with Gasteiger partial charge in [-0.25, -0.2) is 0 Å². The lowest BCUT2D eigenvalue weighted by Gasteiger charge is -2.10. The summed E-state index contributed by atoms with van der Waals surface area (Å²) in [5.41, 5.74) is 16.1. The molecule has 0 spiro atoms. The lowest BCUT2D eigenvalue weighted by atomic mass is 10.0. The number of rotatable bonds is 5. The SMILES string of the molecule is NCCC(CN)CCN. The third-order valence-corrected chi connectivity index (χ3v) is 1.48. The van der Waals surface area contributed by atoms with Gasteiger partial charge < -0.3 is 17.2 Å². The van der Waals surface area contributed by atoms with Crippen molar-refractivity contribution < 1.29 is 0 Å². The molecule has 0 aromatic heterocycles. The third kappa shape index (κ3) is 4.39. The molecule has 0 atom stereocenters. The van der Waals surface area contributed by atoms with E-state index in [9.17, 15) is 0 Å². The Morgan fingerprint density at radius 2 is 1.33 bits per heavy atom. The minimum Gasteiger partial charge on any atom is -0.330 e. The van der Waals surface area contributed by atoms with Gasteiger partial charge in [-0.15, -0.1) is 0 Å². The van der Waals surface area contributed by atoms with E-state index in [1.165, 1.54) is 0 Å². The highest BCUT2D eigenvalue weighted by Gasteiger charge is 2.02. The molecule has 0 aromatic carbocycles. The van der Waals surface area contributed by atoms with Gasteiger partial charge in [0.1, 0.15) is 0 Å². The lowest BCUT2D eigenvalue weighted by molar-refractivity contribution is 0.474. The van der Waals surface area contributed by atoms with E-state index < -0.39 is 0 Å². The van der Waals surface area contributed by atoms with Crippen LogP contribution in [0.25, 0.3) is 0 Å². The summed E-state index contributed by atoms with van der Waals surface area (Å²) in [6.45, 7) is 2.16. The van der Waals surface area contributed by atoms with Gasteiger partial charge in [-0.1, -0.05) is 0 Å². The van der Waals surface area contributed by atoms with Crippen molar-refractivity contribution in [3.05, 3.63) is 0 Å². The first-order chi connectivity index (χ1) is 4.35. The Bertz CT molecular complexity index is 50.3. The standard InChI is InChI=1S/C6H17N3/c7-3-1-6(5-9)2-4-8/h6H,1-5,7-9H2. The van der Waals surface area contributed by atoms with E-state index in [2.05, 4.69) is 0 Å². The van der Waals surface area contributed by atoms with E-state index in [4.69, 9.17) is 17.2 Å². The summed E-state index contributed by atoms with van der Waals surface area (Å²) in [4.78, 5) is 0. The van der Waals surface area contributed by atoms with Crippen molar-refractivity contribution in [1.82, 2.24) is 0 Å². The molecule has 0 aliphatic carbocycles. The highest BCUT2D eigenvalue weighted by Crippen LogP contribution is 2.02. The van der Waals surface area contributed by atoms with Gasteiger partial charge in [-0.05, 0) is 38.4 Å². The van der Waals surface area contributed by atoms with Gasteiger partial charge in [0.05, 0.1) is 0 Å². The van der Waals surface area contributed by atoms with Crippen molar-refractivity contribution in [3.63, 3.8) is 0 Å². The highest BCUT2D eigenvalue weighted by atomic mass is 14.6. The molecule has 0 aliphatic rings. The molecule has 9 heavy (non-hydrogen) atoms. The van der Waals surface area contributed by atoms with Crippen LogP contribution in [-0.2, 0) is 0 Å². The van der Waals surface area contributed by atoms with Gasteiger partial charge >= 0.3 is 0 Å². The fraction of sp³-hybridized carbons (Fsp3) is 1.00. The quantitative estimate of drug-likeness (QED) is 0.460. The molecule has 0 aromatic rings. The van der Waals surface area contributed by atoms with Gasteiger partial charge in [0.25, 0.3) is 0 Å². The Kier molecular flexibility index (Phi) is 5.93. The maximum Gasteiger partial charge on any atom is -0.00479 e. The minimum atomic E-state index is 0.542. The van der Waals surface area contributed by atoms with Crippen molar-refractivity contribution in [2.75, 3.05) is 19.6 Å². The van der Waals surface area contributed by atoms with Crippen molar-refractivity contribution in [1.29, 1.82) is 0 Å². The van der Waals surface area contributed by atoms with Crippen LogP contribution in [0.3, 0.4) is 0 Å². The molecule has 0 unspecified atom stereocenters. The predicted molar refractivity (Wildman–Crippen MR) is 39.9 cm³/mol. The molecule has 0 bridgehead atoms. The Labute approximate surface area is 56.6 Å². The van der Waals surface area contributed by atoms with Crippen molar-refractivity contribution >= 4 is 0 Å². The fourth-order valence-corrected chi connectivity index (χ4v) is 0.851.